The van der Waals surface area contributed by atoms with E-state index in [4.69, 9.17) is 5.73 Å². The van der Waals surface area contributed by atoms with Gasteiger partial charge in [-0.15, -0.1) is 0 Å². The van der Waals surface area contributed by atoms with Gasteiger partial charge in [-0.1, -0.05) is 32.6 Å². The maximum absolute atomic E-state index is 10.6. The molecule has 0 aromatic carbocycles. The Kier molecular flexibility index (Phi) is 3.84. The molecule has 0 aliphatic heterocycles. The lowest BCUT2D eigenvalue weighted by Gasteiger charge is -2.48. The highest BCUT2D eigenvalue weighted by Gasteiger charge is 2.50. The third kappa shape index (κ3) is 2.39. The average molecular weight is 239 g/mol. The molecule has 2 aliphatic rings. The zero-order chi connectivity index (χ0) is 12.5. The van der Waals surface area contributed by atoms with Gasteiger partial charge in [0.2, 0.25) is 0 Å². The molecule has 2 heteroatoms. The van der Waals surface area contributed by atoms with E-state index in [1.807, 2.05) is 6.92 Å². The molecule has 0 amide bonds. The van der Waals surface area contributed by atoms with Gasteiger partial charge in [-0.3, -0.25) is 0 Å². The van der Waals surface area contributed by atoms with Crippen LogP contribution in [0.3, 0.4) is 0 Å². The van der Waals surface area contributed by atoms with Gasteiger partial charge in [-0.05, 0) is 56.4 Å². The molecule has 4 unspecified atom stereocenters. The van der Waals surface area contributed by atoms with Crippen LogP contribution < -0.4 is 5.73 Å². The highest BCUT2D eigenvalue weighted by molar-refractivity contribution is 5.02. The minimum Gasteiger partial charge on any atom is -0.390 e. The minimum absolute atomic E-state index is 0.235. The summed E-state index contributed by atoms with van der Waals surface area (Å²) in [5.74, 6) is 1.28. The second-order valence-corrected chi connectivity index (χ2v) is 6.74. The molecule has 17 heavy (non-hydrogen) atoms. The molecule has 100 valence electrons. The highest BCUT2D eigenvalue weighted by Crippen LogP contribution is 2.54. The van der Waals surface area contributed by atoms with Crippen molar-refractivity contribution < 1.29 is 5.11 Å². The van der Waals surface area contributed by atoms with Crippen molar-refractivity contribution in [2.45, 2.75) is 70.8 Å². The van der Waals surface area contributed by atoms with Crippen LogP contribution in [-0.2, 0) is 0 Å². The second-order valence-electron chi connectivity index (χ2n) is 6.74. The van der Waals surface area contributed by atoms with Crippen LogP contribution in [0.4, 0.5) is 0 Å². The first-order valence-corrected chi connectivity index (χ1v) is 7.46. The van der Waals surface area contributed by atoms with E-state index in [1.165, 1.54) is 44.9 Å². The molecule has 0 bridgehead atoms. The third-order valence-electron chi connectivity index (χ3n) is 5.63. The molecule has 2 nitrogen and oxygen atoms in total. The Morgan fingerprint density at radius 1 is 1.24 bits per heavy atom. The van der Waals surface area contributed by atoms with E-state index in [9.17, 15) is 5.11 Å². The predicted molar refractivity (Wildman–Crippen MR) is 71.7 cm³/mol. The second kappa shape index (κ2) is 4.89. The lowest BCUT2D eigenvalue weighted by Crippen LogP contribution is -2.49. The van der Waals surface area contributed by atoms with E-state index in [1.54, 1.807) is 0 Å². The maximum Gasteiger partial charge on any atom is 0.0653 e. The Morgan fingerprint density at radius 3 is 2.47 bits per heavy atom. The molecule has 2 aliphatic carbocycles. The number of rotatable bonds is 3. The van der Waals surface area contributed by atoms with Gasteiger partial charge in [-0.2, -0.15) is 0 Å². The summed E-state index contributed by atoms with van der Waals surface area (Å²) in [6.07, 6.45) is 9.76. The van der Waals surface area contributed by atoms with Crippen LogP contribution in [0.1, 0.15) is 65.2 Å². The fourth-order valence-electron chi connectivity index (χ4n) is 4.63. The molecule has 2 rings (SSSR count). The van der Waals surface area contributed by atoms with E-state index < -0.39 is 5.60 Å². The summed E-state index contributed by atoms with van der Waals surface area (Å²) in [6.45, 7) is 5.10. The smallest absolute Gasteiger partial charge is 0.0653 e. The first-order valence-electron chi connectivity index (χ1n) is 7.46. The van der Waals surface area contributed by atoms with Crippen molar-refractivity contribution in [2.24, 2.45) is 23.0 Å². The molecule has 0 aromatic heterocycles. The number of hydrogen-bond acceptors (Lipinski definition) is 2. The molecule has 0 aromatic rings. The molecule has 4 atom stereocenters. The first kappa shape index (κ1) is 13.4. The average Bonchev–Trinajstić information content (AvgIpc) is 2.69. The summed E-state index contributed by atoms with van der Waals surface area (Å²) in [4.78, 5) is 0. The van der Waals surface area contributed by atoms with Crippen LogP contribution in [0.5, 0.6) is 0 Å². The summed E-state index contributed by atoms with van der Waals surface area (Å²) < 4.78 is 0. The van der Waals surface area contributed by atoms with E-state index >= 15 is 0 Å². The molecular formula is C15H29NO. The van der Waals surface area contributed by atoms with Gasteiger partial charge in [0, 0.05) is 0 Å². The zero-order valence-corrected chi connectivity index (χ0v) is 11.5. The molecule has 0 saturated heterocycles. The van der Waals surface area contributed by atoms with Crippen LogP contribution in [0.15, 0.2) is 0 Å². The van der Waals surface area contributed by atoms with E-state index in [-0.39, 0.29) is 5.41 Å². The van der Waals surface area contributed by atoms with Gasteiger partial charge in [0.25, 0.3) is 0 Å². The topological polar surface area (TPSA) is 46.2 Å². The van der Waals surface area contributed by atoms with Crippen LogP contribution in [0.25, 0.3) is 0 Å². The molecule has 0 spiro atoms. The van der Waals surface area contributed by atoms with Crippen LogP contribution in [-0.4, -0.2) is 17.3 Å². The normalized spacial score (nSPS) is 47.3. The highest BCUT2D eigenvalue weighted by atomic mass is 16.3. The fraction of sp³-hybridized carbons (Fsp3) is 1.00. The Bertz CT molecular complexity index is 264. The zero-order valence-electron chi connectivity index (χ0n) is 11.5. The van der Waals surface area contributed by atoms with Crippen molar-refractivity contribution in [1.82, 2.24) is 0 Å². The Hall–Kier alpha value is -0.0800. The van der Waals surface area contributed by atoms with Crippen LogP contribution >= 0.6 is 0 Å². The molecule has 2 saturated carbocycles. The number of nitrogens with two attached hydrogens (primary N) is 1. The van der Waals surface area contributed by atoms with Gasteiger partial charge < -0.3 is 10.8 Å². The standard InChI is InChI=1S/C15H29NO/c1-3-12-6-4-9-15(10-12,11-16)13-7-5-8-14(13,2)17/h12-13,17H,3-11,16H2,1-2H3. The van der Waals surface area contributed by atoms with Crippen molar-refractivity contribution in [3.8, 4) is 0 Å². The van der Waals surface area contributed by atoms with Gasteiger partial charge in [0.05, 0.1) is 5.60 Å². The van der Waals surface area contributed by atoms with Gasteiger partial charge >= 0.3 is 0 Å². The number of aliphatic hydroxyl groups is 1. The molecule has 0 heterocycles. The minimum atomic E-state index is -0.463. The monoisotopic (exact) mass is 239 g/mol. The maximum atomic E-state index is 10.6. The lowest BCUT2D eigenvalue weighted by atomic mass is 9.59. The summed E-state index contributed by atoms with van der Waals surface area (Å²) in [5, 5.41) is 10.6. The Balaban J connectivity index is 2.18. The van der Waals surface area contributed by atoms with Crippen LogP contribution in [0.2, 0.25) is 0 Å². The lowest BCUT2D eigenvalue weighted by molar-refractivity contribution is -0.0619. The van der Waals surface area contributed by atoms with Crippen LogP contribution in [0, 0.1) is 17.3 Å². The number of hydrogen-bond donors (Lipinski definition) is 2. The molecule has 3 N–H and O–H groups in total. The molecule has 2 fully saturated rings. The predicted octanol–water partition coefficient (Wildman–Crippen LogP) is 3.08. The van der Waals surface area contributed by atoms with Gasteiger partial charge in [-0.25, -0.2) is 0 Å². The summed E-state index contributed by atoms with van der Waals surface area (Å²) in [5.41, 5.74) is 5.92. The fourth-order valence-corrected chi connectivity index (χ4v) is 4.63. The van der Waals surface area contributed by atoms with Crippen molar-refractivity contribution in [3.63, 3.8) is 0 Å². The van der Waals surface area contributed by atoms with E-state index in [2.05, 4.69) is 6.92 Å². The summed E-state index contributed by atoms with van der Waals surface area (Å²) >= 11 is 0. The van der Waals surface area contributed by atoms with Gasteiger partial charge in [0.1, 0.15) is 0 Å². The van der Waals surface area contributed by atoms with Crippen molar-refractivity contribution in [2.75, 3.05) is 6.54 Å². The Morgan fingerprint density at radius 2 is 1.94 bits per heavy atom. The summed E-state index contributed by atoms with van der Waals surface area (Å²) in [7, 11) is 0. The third-order valence-corrected chi connectivity index (χ3v) is 5.63. The molecule has 0 radical (unpaired) electrons. The van der Waals surface area contributed by atoms with Gasteiger partial charge in [0.15, 0.2) is 0 Å². The summed E-state index contributed by atoms with van der Waals surface area (Å²) in [6, 6.07) is 0. The quantitative estimate of drug-likeness (QED) is 0.795. The van der Waals surface area contributed by atoms with E-state index in [0.29, 0.717) is 5.92 Å². The van der Waals surface area contributed by atoms with Crippen molar-refractivity contribution >= 4 is 0 Å². The van der Waals surface area contributed by atoms with E-state index in [0.717, 1.165) is 18.9 Å². The Labute approximate surface area is 106 Å². The largest absolute Gasteiger partial charge is 0.390 e. The molecular weight excluding hydrogens is 210 g/mol. The van der Waals surface area contributed by atoms with Crippen molar-refractivity contribution in [3.05, 3.63) is 0 Å². The first-order chi connectivity index (χ1) is 8.04. The van der Waals surface area contributed by atoms with Crippen molar-refractivity contribution in [1.29, 1.82) is 0 Å². The SMILES string of the molecule is CCC1CCCC(CN)(C2CCCC2(C)O)C1.